The molecular formula is C26H20Cl2N4. The van der Waals surface area contributed by atoms with E-state index in [1.807, 2.05) is 109 Å². The van der Waals surface area contributed by atoms with Gasteiger partial charge < -0.3 is 0 Å². The Balaban J connectivity index is 1.80. The zero-order valence-electron chi connectivity index (χ0n) is 17.0. The SMILES string of the molecule is Clc1ccc(C(=N/Nc2ccccc2)/C(=N/Nc2ccccc2)c2ccc(Cl)cc2)cc1. The van der Waals surface area contributed by atoms with Crippen LogP contribution in [-0.4, -0.2) is 11.4 Å². The first-order valence-electron chi connectivity index (χ1n) is 9.99. The minimum absolute atomic E-state index is 0.649. The van der Waals surface area contributed by atoms with Crippen molar-refractivity contribution in [3.05, 3.63) is 130 Å². The molecule has 32 heavy (non-hydrogen) atoms. The van der Waals surface area contributed by atoms with Crippen molar-refractivity contribution in [3.63, 3.8) is 0 Å². The lowest BCUT2D eigenvalue weighted by atomic mass is 10.00. The van der Waals surface area contributed by atoms with Gasteiger partial charge in [0.2, 0.25) is 0 Å². The average molecular weight is 459 g/mol. The molecule has 0 aliphatic heterocycles. The molecule has 0 bridgehead atoms. The van der Waals surface area contributed by atoms with Gasteiger partial charge in [0.1, 0.15) is 11.4 Å². The van der Waals surface area contributed by atoms with Crippen LogP contribution in [-0.2, 0) is 0 Å². The molecule has 0 aliphatic rings. The lowest BCUT2D eigenvalue weighted by Crippen LogP contribution is -2.20. The average Bonchev–Trinajstić information content (AvgIpc) is 2.84. The quantitative estimate of drug-likeness (QED) is 0.225. The zero-order chi connectivity index (χ0) is 22.2. The number of hydrazone groups is 2. The Morgan fingerprint density at radius 2 is 0.812 bits per heavy atom. The molecule has 4 nitrogen and oxygen atoms in total. The van der Waals surface area contributed by atoms with E-state index >= 15 is 0 Å². The Morgan fingerprint density at radius 3 is 1.16 bits per heavy atom. The van der Waals surface area contributed by atoms with Crippen LogP contribution in [0.4, 0.5) is 11.4 Å². The molecule has 4 aromatic rings. The largest absolute Gasteiger partial charge is 0.278 e. The molecule has 0 unspecified atom stereocenters. The molecule has 0 spiro atoms. The van der Waals surface area contributed by atoms with Crippen LogP contribution in [0.2, 0.25) is 10.0 Å². The fourth-order valence-electron chi connectivity index (χ4n) is 2.99. The maximum atomic E-state index is 6.13. The number of hydrogen-bond acceptors (Lipinski definition) is 4. The Hall–Kier alpha value is -3.60. The molecule has 0 radical (unpaired) electrons. The van der Waals surface area contributed by atoms with E-state index in [0.29, 0.717) is 21.5 Å². The van der Waals surface area contributed by atoms with Gasteiger partial charge in [0, 0.05) is 21.2 Å². The molecular weight excluding hydrogens is 439 g/mol. The van der Waals surface area contributed by atoms with Gasteiger partial charge in [-0.3, -0.25) is 10.9 Å². The van der Waals surface area contributed by atoms with Crippen molar-refractivity contribution in [1.29, 1.82) is 0 Å². The molecule has 2 N–H and O–H groups in total. The number of nitrogens with zero attached hydrogens (tertiary/aromatic N) is 2. The summed E-state index contributed by atoms with van der Waals surface area (Å²) in [7, 11) is 0. The molecule has 0 aromatic heterocycles. The summed E-state index contributed by atoms with van der Waals surface area (Å²) >= 11 is 12.3. The van der Waals surface area contributed by atoms with E-state index in [-0.39, 0.29) is 0 Å². The van der Waals surface area contributed by atoms with Crippen molar-refractivity contribution >= 4 is 46.0 Å². The van der Waals surface area contributed by atoms with Crippen molar-refractivity contribution in [2.24, 2.45) is 10.2 Å². The maximum absolute atomic E-state index is 6.13. The van der Waals surface area contributed by atoms with E-state index in [4.69, 9.17) is 33.4 Å². The van der Waals surface area contributed by atoms with Gasteiger partial charge in [-0.1, -0.05) is 83.9 Å². The first-order valence-corrected chi connectivity index (χ1v) is 10.7. The molecule has 0 atom stereocenters. The smallest absolute Gasteiger partial charge is 0.119 e. The summed E-state index contributed by atoms with van der Waals surface area (Å²) in [5.74, 6) is 0. The van der Waals surface area contributed by atoms with Gasteiger partial charge in [-0.2, -0.15) is 10.2 Å². The van der Waals surface area contributed by atoms with Crippen LogP contribution < -0.4 is 10.9 Å². The third kappa shape index (κ3) is 5.76. The number of benzene rings is 4. The molecule has 158 valence electrons. The Kier molecular flexibility index (Phi) is 7.18. The lowest BCUT2D eigenvalue weighted by Gasteiger charge is -2.13. The van der Waals surface area contributed by atoms with Gasteiger partial charge >= 0.3 is 0 Å². The molecule has 0 amide bonds. The first kappa shape index (κ1) is 21.6. The number of hydrogen-bond donors (Lipinski definition) is 2. The van der Waals surface area contributed by atoms with Gasteiger partial charge in [0.05, 0.1) is 11.4 Å². The number of rotatable bonds is 7. The second-order valence-electron chi connectivity index (χ2n) is 6.89. The molecule has 0 saturated carbocycles. The highest BCUT2D eigenvalue weighted by molar-refractivity contribution is 6.53. The summed E-state index contributed by atoms with van der Waals surface area (Å²) in [6.07, 6.45) is 0. The minimum Gasteiger partial charge on any atom is -0.278 e. The lowest BCUT2D eigenvalue weighted by molar-refractivity contribution is 1.31. The van der Waals surface area contributed by atoms with Crippen molar-refractivity contribution in [2.75, 3.05) is 10.9 Å². The molecule has 0 aliphatic carbocycles. The van der Waals surface area contributed by atoms with Gasteiger partial charge in [-0.15, -0.1) is 0 Å². The number of anilines is 2. The number of halogens is 2. The Morgan fingerprint density at radius 1 is 0.469 bits per heavy atom. The topological polar surface area (TPSA) is 48.8 Å². The van der Waals surface area contributed by atoms with Crippen molar-refractivity contribution in [2.45, 2.75) is 0 Å². The summed E-state index contributed by atoms with van der Waals surface area (Å²) in [5, 5.41) is 10.7. The predicted molar refractivity (Wildman–Crippen MR) is 136 cm³/mol. The number of nitrogens with one attached hydrogen (secondary N) is 2. The molecule has 0 saturated heterocycles. The van der Waals surface area contributed by atoms with Gasteiger partial charge in [0.25, 0.3) is 0 Å². The summed E-state index contributed by atoms with van der Waals surface area (Å²) in [6, 6.07) is 34.5. The van der Waals surface area contributed by atoms with Gasteiger partial charge in [-0.05, 0) is 48.5 Å². The third-order valence-electron chi connectivity index (χ3n) is 4.60. The monoisotopic (exact) mass is 458 g/mol. The summed E-state index contributed by atoms with van der Waals surface area (Å²) in [6.45, 7) is 0. The first-order chi connectivity index (χ1) is 15.7. The van der Waals surface area contributed by atoms with Crippen LogP contribution in [0.1, 0.15) is 11.1 Å². The van der Waals surface area contributed by atoms with Crippen LogP contribution in [0.3, 0.4) is 0 Å². The maximum Gasteiger partial charge on any atom is 0.119 e. The highest BCUT2D eigenvalue weighted by Crippen LogP contribution is 2.18. The fraction of sp³-hybridized carbons (Fsp3) is 0. The second-order valence-corrected chi connectivity index (χ2v) is 7.76. The van der Waals surface area contributed by atoms with E-state index in [2.05, 4.69) is 10.9 Å². The van der Waals surface area contributed by atoms with E-state index in [9.17, 15) is 0 Å². The molecule has 0 heterocycles. The van der Waals surface area contributed by atoms with Crippen LogP contribution in [0.5, 0.6) is 0 Å². The third-order valence-corrected chi connectivity index (χ3v) is 5.10. The van der Waals surface area contributed by atoms with E-state index in [1.54, 1.807) is 0 Å². The van der Waals surface area contributed by atoms with E-state index in [0.717, 1.165) is 22.5 Å². The summed E-state index contributed by atoms with van der Waals surface area (Å²) in [4.78, 5) is 0. The van der Waals surface area contributed by atoms with Crippen molar-refractivity contribution in [3.8, 4) is 0 Å². The second kappa shape index (κ2) is 10.6. The van der Waals surface area contributed by atoms with Crippen LogP contribution in [0.25, 0.3) is 0 Å². The Labute approximate surface area is 197 Å². The van der Waals surface area contributed by atoms with Crippen molar-refractivity contribution < 1.29 is 0 Å². The minimum atomic E-state index is 0.649. The standard InChI is InChI=1S/C26H20Cl2N4/c27-21-15-11-19(12-16-21)25(31-29-23-7-3-1-4-8-23)26(20-13-17-22(28)18-14-20)32-30-24-9-5-2-6-10-24/h1-18,29-30H/b31-25-,32-26+. The van der Waals surface area contributed by atoms with Gasteiger partial charge in [-0.25, -0.2) is 0 Å². The van der Waals surface area contributed by atoms with Crippen LogP contribution >= 0.6 is 23.2 Å². The van der Waals surface area contributed by atoms with Crippen LogP contribution in [0.15, 0.2) is 119 Å². The summed E-state index contributed by atoms with van der Waals surface area (Å²) in [5.41, 5.74) is 11.0. The van der Waals surface area contributed by atoms with Crippen LogP contribution in [0, 0.1) is 0 Å². The number of para-hydroxylation sites is 2. The summed E-state index contributed by atoms with van der Waals surface area (Å²) < 4.78 is 0. The predicted octanol–water partition coefficient (Wildman–Crippen LogP) is 7.33. The fourth-order valence-corrected chi connectivity index (χ4v) is 3.24. The molecule has 0 fully saturated rings. The zero-order valence-corrected chi connectivity index (χ0v) is 18.6. The van der Waals surface area contributed by atoms with Gasteiger partial charge in [0.15, 0.2) is 0 Å². The Bertz CT molecular complexity index is 1110. The molecule has 6 heteroatoms. The van der Waals surface area contributed by atoms with E-state index in [1.165, 1.54) is 0 Å². The van der Waals surface area contributed by atoms with Crippen molar-refractivity contribution in [1.82, 2.24) is 0 Å². The highest BCUT2D eigenvalue weighted by atomic mass is 35.5. The molecule has 4 rings (SSSR count). The highest BCUT2D eigenvalue weighted by Gasteiger charge is 2.16. The van der Waals surface area contributed by atoms with E-state index < -0.39 is 0 Å². The normalized spacial score (nSPS) is 11.8. The molecule has 4 aromatic carbocycles.